The van der Waals surface area contributed by atoms with Crippen molar-refractivity contribution in [2.45, 2.75) is 38.6 Å². The Balaban J connectivity index is 1.61. The van der Waals surface area contributed by atoms with Crippen LogP contribution in [0.2, 0.25) is 0 Å². The fourth-order valence-corrected chi connectivity index (χ4v) is 4.28. The highest BCUT2D eigenvalue weighted by Gasteiger charge is 2.27. The maximum Gasteiger partial charge on any atom is 0.255 e. The zero-order valence-corrected chi connectivity index (χ0v) is 12.0. The second-order valence-corrected chi connectivity index (χ2v) is 6.49. The fraction of sp³-hybridized carbons (Fsp3) is 0.467. The first kappa shape index (κ1) is 12.1. The number of nitrogens with zero attached hydrogens (tertiary/aromatic N) is 2. The molecular weight excluding hydrogens is 272 g/mol. The minimum atomic E-state index is 0.177. The Morgan fingerprint density at radius 3 is 3.15 bits per heavy atom. The summed E-state index contributed by atoms with van der Waals surface area (Å²) < 4.78 is 4.99. The third-order valence-electron chi connectivity index (χ3n) is 4.29. The summed E-state index contributed by atoms with van der Waals surface area (Å²) in [5.41, 5.74) is 4.29. The first-order chi connectivity index (χ1) is 9.83. The highest BCUT2D eigenvalue weighted by molar-refractivity contribution is 7.10. The summed E-state index contributed by atoms with van der Waals surface area (Å²) in [4.78, 5) is 16.1. The molecule has 0 saturated heterocycles. The Morgan fingerprint density at radius 1 is 1.30 bits per heavy atom. The SMILES string of the molecule is O=C(c1csc2c1CCCC2)N1CCc2nocc2C1. The quantitative estimate of drug-likeness (QED) is 0.810. The minimum Gasteiger partial charge on any atom is -0.364 e. The zero-order valence-electron chi connectivity index (χ0n) is 11.2. The van der Waals surface area contributed by atoms with Crippen LogP contribution in [0.25, 0.3) is 0 Å². The van der Waals surface area contributed by atoms with E-state index in [0.29, 0.717) is 6.54 Å². The number of aryl methyl sites for hydroxylation is 1. The van der Waals surface area contributed by atoms with Crippen LogP contribution in [0, 0.1) is 0 Å². The third kappa shape index (κ3) is 1.88. The molecule has 1 aliphatic heterocycles. The number of hydrogen-bond acceptors (Lipinski definition) is 4. The van der Waals surface area contributed by atoms with Gasteiger partial charge in [-0.15, -0.1) is 11.3 Å². The first-order valence-corrected chi connectivity index (χ1v) is 8.01. The van der Waals surface area contributed by atoms with Crippen molar-refractivity contribution in [1.82, 2.24) is 10.1 Å². The molecule has 2 aromatic heterocycles. The van der Waals surface area contributed by atoms with Crippen molar-refractivity contribution in [3.63, 3.8) is 0 Å². The van der Waals surface area contributed by atoms with Gasteiger partial charge in [0.15, 0.2) is 0 Å². The lowest BCUT2D eigenvalue weighted by Gasteiger charge is -2.26. The molecular formula is C15H16N2O2S. The number of carbonyl (C=O) groups excluding carboxylic acids is 1. The van der Waals surface area contributed by atoms with E-state index < -0.39 is 0 Å². The summed E-state index contributed by atoms with van der Waals surface area (Å²) in [7, 11) is 0. The molecule has 5 heteroatoms. The molecule has 0 bridgehead atoms. The lowest BCUT2D eigenvalue weighted by Crippen LogP contribution is -2.36. The topological polar surface area (TPSA) is 46.3 Å². The van der Waals surface area contributed by atoms with E-state index in [1.807, 2.05) is 4.90 Å². The zero-order chi connectivity index (χ0) is 13.5. The van der Waals surface area contributed by atoms with E-state index in [0.717, 1.165) is 42.6 Å². The van der Waals surface area contributed by atoms with E-state index in [4.69, 9.17) is 4.52 Å². The van der Waals surface area contributed by atoms with Crippen molar-refractivity contribution in [2.75, 3.05) is 6.54 Å². The number of rotatable bonds is 1. The number of hydrogen-bond donors (Lipinski definition) is 0. The molecule has 0 aromatic carbocycles. The minimum absolute atomic E-state index is 0.177. The summed E-state index contributed by atoms with van der Waals surface area (Å²) in [6, 6.07) is 0. The van der Waals surface area contributed by atoms with Gasteiger partial charge in [-0.05, 0) is 31.2 Å². The number of fused-ring (bicyclic) bond motifs is 2. The smallest absolute Gasteiger partial charge is 0.255 e. The fourth-order valence-electron chi connectivity index (χ4n) is 3.16. The molecule has 0 N–H and O–H groups in total. The lowest BCUT2D eigenvalue weighted by atomic mass is 9.95. The van der Waals surface area contributed by atoms with Crippen LogP contribution in [-0.2, 0) is 25.8 Å². The molecule has 0 unspecified atom stereocenters. The molecule has 1 amide bonds. The van der Waals surface area contributed by atoms with Crippen molar-refractivity contribution < 1.29 is 9.32 Å². The van der Waals surface area contributed by atoms with Crippen molar-refractivity contribution in [1.29, 1.82) is 0 Å². The van der Waals surface area contributed by atoms with Gasteiger partial charge in [-0.2, -0.15) is 0 Å². The molecule has 4 rings (SSSR count). The van der Waals surface area contributed by atoms with Gasteiger partial charge in [0.1, 0.15) is 6.26 Å². The van der Waals surface area contributed by atoms with Crippen LogP contribution >= 0.6 is 11.3 Å². The summed E-state index contributed by atoms with van der Waals surface area (Å²) in [5.74, 6) is 0.177. The third-order valence-corrected chi connectivity index (χ3v) is 5.38. The summed E-state index contributed by atoms with van der Waals surface area (Å²) in [6.45, 7) is 1.37. The molecule has 0 fully saturated rings. The van der Waals surface area contributed by atoms with Gasteiger partial charge in [0.25, 0.3) is 5.91 Å². The second kappa shape index (κ2) is 4.74. The van der Waals surface area contributed by atoms with Gasteiger partial charge >= 0.3 is 0 Å². The summed E-state index contributed by atoms with van der Waals surface area (Å²) in [6.07, 6.45) is 7.13. The van der Waals surface area contributed by atoms with Crippen LogP contribution in [0.3, 0.4) is 0 Å². The average Bonchev–Trinajstić information content (AvgIpc) is 3.12. The van der Waals surface area contributed by atoms with E-state index in [-0.39, 0.29) is 5.91 Å². The standard InChI is InChI=1S/C15H16N2O2S/c18-15(12-9-20-14-4-2-1-3-11(12)14)17-6-5-13-10(7-17)8-19-16-13/h8-9H,1-7H2. The van der Waals surface area contributed by atoms with Crippen LogP contribution in [0.4, 0.5) is 0 Å². The van der Waals surface area contributed by atoms with Crippen LogP contribution in [0.1, 0.15) is 44.9 Å². The Morgan fingerprint density at radius 2 is 2.20 bits per heavy atom. The monoisotopic (exact) mass is 288 g/mol. The molecule has 2 aliphatic rings. The van der Waals surface area contributed by atoms with Crippen LogP contribution in [0.15, 0.2) is 16.2 Å². The summed E-state index contributed by atoms with van der Waals surface area (Å²) >= 11 is 1.75. The highest BCUT2D eigenvalue weighted by atomic mass is 32.1. The van der Waals surface area contributed by atoms with Gasteiger partial charge < -0.3 is 9.42 Å². The molecule has 2 aromatic rings. The van der Waals surface area contributed by atoms with Gasteiger partial charge in [-0.3, -0.25) is 4.79 Å². The maximum absolute atomic E-state index is 12.7. The number of aromatic nitrogens is 1. The second-order valence-electron chi connectivity index (χ2n) is 5.52. The molecule has 0 atom stereocenters. The first-order valence-electron chi connectivity index (χ1n) is 7.13. The lowest BCUT2D eigenvalue weighted by molar-refractivity contribution is 0.0733. The molecule has 0 radical (unpaired) electrons. The van der Waals surface area contributed by atoms with Gasteiger partial charge in [-0.1, -0.05) is 5.16 Å². The van der Waals surface area contributed by atoms with Gasteiger partial charge in [0, 0.05) is 28.8 Å². The molecule has 0 spiro atoms. The van der Waals surface area contributed by atoms with Gasteiger partial charge in [0.05, 0.1) is 17.8 Å². The van der Waals surface area contributed by atoms with Gasteiger partial charge in [-0.25, -0.2) is 0 Å². The Hall–Kier alpha value is -1.62. The predicted octanol–water partition coefficient (Wildman–Crippen LogP) is 2.81. The van der Waals surface area contributed by atoms with E-state index in [2.05, 4.69) is 10.5 Å². The molecule has 104 valence electrons. The number of carbonyl (C=O) groups is 1. The average molecular weight is 288 g/mol. The molecule has 0 saturated carbocycles. The van der Waals surface area contributed by atoms with E-state index in [9.17, 15) is 4.79 Å². The van der Waals surface area contributed by atoms with Crippen LogP contribution in [-0.4, -0.2) is 22.5 Å². The van der Waals surface area contributed by atoms with Crippen molar-refractivity contribution >= 4 is 17.2 Å². The maximum atomic E-state index is 12.7. The normalized spacial score (nSPS) is 17.7. The predicted molar refractivity (Wildman–Crippen MR) is 75.9 cm³/mol. The largest absolute Gasteiger partial charge is 0.364 e. The van der Waals surface area contributed by atoms with Crippen LogP contribution < -0.4 is 0 Å². The van der Waals surface area contributed by atoms with Crippen LogP contribution in [0.5, 0.6) is 0 Å². The van der Waals surface area contributed by atoms with Crippen molar-refractivity contribution in [3.05, 3.63) is 38.9 Å². The summed E-state index contributed by atoms with van der Waals surface area (Å²) in [5, 5.41) is 6.03. The Labute approximate surface area is 121 Å². The number of amides is 1. The van der Waals surface area contributed by atoms with Crippen molar-refractivity contribution in [2.24, 2.45) is 0 Å². The Kier molecular flexibility index (Phi) is 2.88. The highest BCUT2D eigenvalue weighted by Crippen LogP contribution is 2.31. The van der Waals surface area contributed by atoms with E-state index in [1.165, 1.54) is 23.3 Å². The van der Waals surface area contributed by atoms with Gasteiger partial charge in [0.2, 0.25) is 0 Å². The molecule has 1 aliphatic carbocycles. The van der Waals surface area contributed by atoms with Crippen molar-refractivity contribution in [3.8, 4) is 0 Å². The molecule has 4 nitrogen and oxygen atoms in total. The molecule has 20 heavy (non-hydrogen) atoms. The Bertz CT molecular complexity index is 659. The molecule has 3 heterocycles. The number of thiophene rings is 1. The van der Waals surface area contributed by atoms with E-state index >= 15 is 0 Å². The van der Waals surface area contributed by atoms with E-state index in [1.54, 1.807) is 17.6 Å².